The summed E-state index contributed by atoms with van der Waals surface area (Å²) >= 11 is 5.86. The summed E-state index contributed by atoms with van der Waals surface area (Å²) in [4.78, 5) is 16.1. The average molecular weight is 377 g/mol. The van der Waals surface area contributed by atoms with Gasteiger partial charge in [-0.05, 0) is 42.3 Å². The van der Waals surface area contributed by atoms with Crippen molar-refractivity contribution in [2.24, 2.45) is 4.99 Å². The van der Waals surface area contributed by atoms with Gasteiger partial charge in [0, 0.05) is 37.3 Å². The van der Waals surface area contributed by atoms with Gasteiger partial charge in [0.1, 0.15) is 5.82 Å². The Bertz CT molecular complexity index is 778. The number of nitrogens with zero attached hydrogens (tertiary/aromatic N) is 1. The summed E-state index contributed by atoms with van der Waals surface area (Å²) in [7, 11) is 1.67. The fraction of sp³-hybridized carbons (Fsp3) is 0.263. The predicted octanol–water partition coefficient (Wildman–Crippen LogP) is 2.88. The number of nitrogens with one attached hydrogen (secondary N) is 3. The average Bonchev–Trinajstić information content (AvgIpc) is 2.64. The standard InChI is InChI=1S/C19H22ClFN4O/c1-13-3-6-15(11-17(13)21)18(26)23-9-10-24-19(22-2)25-12-14-4-7-16(20)8-5-14/h3-8,11H,9-10,12H2,1-2H3,(H,23,26)(H2,22,24,25). The highest BCUT2D eigenvalue weighted by molar-refractivity contribution is 6.30. The molecular formula is C19H22ClFN4O. The lowest BCUT2D eigenvalue weighted by atomic mass is 10.1. The van der Waals surface area contributed by atoms with Gasteiger partial charge >= 0.3 is 0 Å². The van der Waals surface area contributed by atoms with Crippen molar-refractivity contribution in [2.45, 2.75) is 13.5 Å². The van der Waals surface area contributed by atoms with Crippen LogP contribution in [0.3, 0.4) is 0 Å². The van der Waals surface area contributed by atoms with Crippen molar-refractivity contribution in [2.75, 3.05) is 20.1 Å². The minimum atomic E-state index is -0.387. The Balaban J connectivity index is 1.72. The molecule has 0 bridgehead atoms. The first-order valence-corrected chi connectivity index (χ1v) is 8.60. The number of aryl methyl sites for hydroxylation is 1. The fourth-order valence-corrected chi connectivity index (χ4v) is 2.33. The Morgan fingerprint density at radius 3 is 2.42 bits per heavy atom. The highest BCUT2D eigenvalue weighted by Gasteiger charge is 2.07. The quantitative estimate of drug-likeness (QED) is 0.412. The lowest BCUT2D eigenvalue weighted by molar-refractivity contribution is 0.0954. The van der Waals surface area contributed by atoms with Crippen LogP contribution in [0, 0.1) is 12.7 Å². The molecule has 2 aromatic carbocycles. The Morgan fingerprint density at radius 2 is 1.77 bits per heavy atom. The van der Waals surface area contributed by atoms with Crippen molar-refractivity contribution in [1.82, 2.24) is 16.0 Å². The number of benzene rings is 2. The van der Waals surface area contributed by atoms with E-state index in [0.717, 1.165) is 5.56 Å². The van der Waals surface area contributed by atoms with Crippen LogP contribution in [0.15, 0.2) is 47.5 Å². The molecule has 0 aliphatic carbocycles. The molecule has 3 N–H and O–H groups in total. The highest BCUT2D eigenvalue weighted by Crippen LogP contribution is 2.09. The van der Waals surface area contributed by atoms with Gasteiger partial charge in [-0.15, -0.1) is 0 Å². The topological polar surface area (TPSA) is 65.5 Å². The Labute approximate surface area is 157 Å². The number of carbonyl (C=O) groups is 1. The maximum Gasteiger partial charge on any atom is 0.251 e. The summed E-state index contributed by atoms with van der Waals surface area (Å²) in [5.41, 5.74) is 1.89. The van der Waals surface area contributed by atoms with Crippen LogP contribution in [-0.4, -0.2) is 32.0 Å². The van der Waals surface area contributed by atoms with Crippen molar-refractivity contribution >= 4 is 23.5 Å². The minimum absolute atomic E-state index is 0.304. The van der Waals surface area contributed by atoms with Crippen molar-refractivity contribution < 1.29 is 9.18 Å². The number of aliphatic imine (C=N–C) groups is 1. The van der Waals surface area contributed by atoms with Gasteiger partial charge in [0.25, 0.3) is 5.91 Å². The van der Waals surface area contributed by atoms with E-state index in [4.69, 9.17) is 11.6 Å². The summed E-state index contributed by atoms with van der Waals surface area (Å²) in [6.07, 6.45) is 0. The van der Waals surface area contributed by atoms with Gasteiger partial charge in [0.2, 0.25) is 0 Å². The number of amides is 1. The first-order valence-electron chi connectivity index (χ1n) is 8.23. The molecule has 0 unspecified atom stereocenters. The van der Waals surface area contributed by atoms with Crippen molar-refractivity contribution in [3.05, 3.63) is 70.0 Å². The molecule has 26 heavy (non-hydrogen) atoms. The first kappa shape index (κ1) is 19.7. The van der Waals surface area contributed by atoms with Gasteiger partial charge in [0.05, 0.1) is 0 Å². The van der Waals surface area contributed by atoms with E-state index in [9.17, 15) is 9.18 Å². The SMILES string of the molecule is CN=C(NCCNC(=O)c1ccc(C)c(F)c1)NCc1ccc(Cl)cc1. The summed E-state index contributed by atoms with van der Waals surface area (Å²) in [5.74, 6) is -0.0760. The summed E-state index contributed by atoms with van der Waals surface area (Å²) < 4.78 is 13.5. The first-order chi connectivity index (χ1) is 12.5. The molecule has 2 rings (SSSR count). The predicted molar refractivity (Wildman–Crippen MR) is 103 cm³/mol. The lowest BCUT2D eigenvalue weighted by Gasteiger charge is -2.12. The fourth-order valence-electron chi connectivity index (χ4n) is 2.20. The van der Waals surface area contributed by atoms with E-state index in [1.54, 1.807) is 26.1 Å². The zero-order valence-corrected chi connectivity index (χ0v) is 15.5. The van der Waals surface area contributed by atoms with Crippen LogP contribution < -0.4 is 16.0 Å². The molecule has 0 aliphatic heterocycles. The molecule has 2 aromatic rings. The van der Waals surface area contributed by atoms with Crippen molar-refractivity contribution in [3.63, 3.8) is 0 Å². The molecule has 0 aromatic heterocycles. The van der Waals surface area contributed by atoms with Crippen molar-refractivity contribution in [3.8, 4) is 0 Å². The molecule has 138 valence electrons. The number of rotatable bonds is 6. The second-order valence-corrected chi connectivity index (χ2v) is 6.14. The molecule has 0 fully saturated rings. The molecule has 0 saturated heterocycles. The van der Waals surface area contributed by atoms with E-state index in [1.165, 1.54) is 6.07 Å². The maximum absolute atomic E-state index is 13.5. The zero-order chi connectivity index (χ0) is 18.9. The zero-order valence-electron chi connectivity index (χ0n) is 14.8. The van der Waals surface area contributed by atoms with E-state index in [2.05, 4.69) is 20.9 Å². The van der Waals surface area contributed by atoms with Gasteiger partial charge in [0.15, 0.2) is 5.96 Å². The third-order valence-electron chi connectivity index (χ3n) is 3.73. The molecule has 1 amide bonds. The van der Waals surface area contributed by atoms with E-state index in [0.29, 0.717) is 41.7 Å². The molecule has 0 spiro atoms. The van der Waals surface area contributed by atoms with Crippen LogP contribution >= 0.6 is 11.6 Å². The molecule has 0 radical (unpaired) electrons. The smallest absolute Gasteiger partial charge is 0.251 e. The van der Waals surface area contributed by atoms with Crippen LogP contribution in [0.1, 0.15) is 21.5 Å². The third-order valence-corrected chi connectivity index (χ3v) is 3.99. The number of hydrogen-bond donors (Lipinski definition) is 3. The van der Waals surface area contributed by atoms with Gasteiger partial charge < -0.3 is 16.0 Å². The lowest BCUT2D eigenvalue weighted by Crippen LogP contribution is -2.41. The number of halogens is 2. The van der Waals surface area contributed by atoms with Crippen LogP contribution in [0.25, 0.3) is 0 Å². The third kappa shape index (κ3) is 6.04. The summed E-state index contributed by atoms with van der Waals surface area (Å²) in [6.45, 7) is 3.13. The van der Waals surface area contributed by atoms with E-state index < -0.39 is 0 Å². The van der Waals surface area contributed by atoms with Crippen LogP contribution in [0.2, 0.25) is 5.02 Å². The van der Waals surface area contributed by atoms with E-state index in [1.807, 2.05) is 24.3 Å². The second-order valence-electron chi connectivity index (χ2n) is 5.70. The maximum atomic E-state index is 13.5. The Kier molecular flexibility index (Phi) is 7.41. The number of carbonyl (C=O) groups excluding carboxylic acids is 1. The monoisotopic (exact) mass is 376 g/mol. The largest absolute Gasteiger partial charge is 0.355 e. The van der Waals surface area contributed by atoms with E-state index in [-0.39, 0.29) is 11.7 Å². The Morgan fingerprint density at radius 1 is 1.08 bits per heavy atom. The molecule has 7 heteroatoms. The van der Waals surface area contributed by atoms with Crippen LogP contribution in [0.5, 0.6) is 0 Å². The normalized spacial score (nSPS) is 11.2. The van der Waals surface area contributed by atoms with Gasteiger partial charge in [-0.2, -0.15) is 0 Å². The van der Waals surface area contributed by atoms with Gasteiger partial charge in [-0.3, -0.25) is 9.79 Å². The molecule has 0 aliphatic rings. The molecule has 0 atom stereocenters. The number of guanidine groups is 1. The molecule has 0 saturated carbocycles. The molecule has 5 nitrogen and oxygen atoms in total. The highest BCUT2D eigenvalue weighted by atomic mass is 35.5. The summed E-state index contributed by atoms with van der Waals surface area (Å²) in [6, 6.07) is 12.0. The number of hydrogen-bond acceptors (Lipinski definition) is 2. The van der Waals surface area contributed by atoms with Crippen molar-refractivity contribution in [1.29, 1.82) is 0 Å². The van der Waals surface area contributed by atoms with Crippen LogP contribution in [-0.2, 0) is 6.54 Å². The summed E-state index contributed by atoms with van der Waals surface area (Å²) in [5, 5.41) is 9.71. The minimum Gasteiger partial charge on any atom is -0.355 e. The molecular weight excluding hydrogens is 355 g/mol. The van der Waals surface area contributed by atoms with Gasteiger partial charge in [-0.25, -0.2) is 4.39 Å². The molecule has 0 heterocycles. The second kappa shape index (κ2) is 9.77. The van der Waals surface area contributed by atoms with Crippen LogP contribution in [0.4, 0.5) is 4.39 Å². The van der Waals surface area contributed by atoms with E-state index >= 15 is 0 Å². The Hall–Kier alpha value is -2.60. The van der Waals surface area contributed by atoms with Gasteiger partial charge in [-0.1, -0.05) is 29.8 Å².